The average Bonchev–Trinajstić information content (AvgIpc) is 2.23. The van der Waals surface area contributed by atoms with E-state index in [0.29, 0.717) is 15.1 Å². The fourth-order valence-electron chi connectivity index (χ4n) is 1.57. The average molecular weight is 289 g/mol. The number of benzene rings is 1. The number of pyridine rings is 1. The first-order chi connectivity index (χ1) is 7.97. The Labute approximate surface area is 113 Å². The lowest BCUT2D eigenvalue weighted by Crippen LogP contribution is -2.05. The molecule has 88 valence electrons. The monoisotopic (exact) mass is 287 g/mol. The maximum Gasteiger partial charge on any atom is 0.248 e. The van der Waals surface area contributed by atoms with Gasteiger partial charge in [-0.15, -0.1) is 0 Å². The van der Waals surface area contributed by atoms with E-state index in [1.807, 2.05) is 13.0 Å². The molecule has 0 aliphatic heterocycles. The number of nitrogens with one attached hydrogen (secondary N) is 1. The Bertz CT molecular complexity index is 611. The van der Waals surface area contributed by atoms with E-state index >= 15 is 0 Å². The highest BCUT2D eigenvalue weighted by Gasteiger charge is 2.08. The lowest BCUT2D eigenvalue weighted by molar-refractivity contribution is 1.14. The largest absolute Gasteiger partial charge is 0.326 e. The highest BCUT2D eigenvalue weighted by Crippen LogP contribution is 2.34. The number of aromatic nitrogens is 1. The molecule has 0 saturated heterocycles. The lowest BCUT2D eigenvalue weighted by Gasteiger charge is -2.06. The van der Waals surface area contributed by atoms with E-state index in [1.165, 1.54) is 6.07 Å². The van der Waals surface area contributed by atoms with E-state index in [9.17, 15) is 4.79 Å². The van der Waals surface area contributed by atoms with Crippen LogP contribution in [0.25, 0.3) is 11.1 Å². The van der Waals surface area contributed by atoms with E-state index in [-0.39, 0.29) is 5.56 Å². The standard InChI is InChI=1S/C12H8Cl3NO/c1-6-2-7(5-11(17)16-6)8-3-9(13)12(15)10(14)4-8/h2-5H,1H3,(H,16,17). The summed E-state index contributed by atoms with van der Waals surface area (Å²) < 4.78 is 0. The zero-order valence-corrected chi connectivity index (χ0v) is 11.1. The van der Waals surface area contributed by atoms with Crippen molar-refractivity contribution in [1.82, 2.24) is 4.98 Å². The van der Waals surface area contributed by atoms with Gasteiger partial charge in [0, 0.05) is 11.8 Å². The predicted molar refractivity (Wildman–Crippen MR) is 72.3 cm³/mol. The fraction of sp³-hybridized carbons (Fsp3) is 0.0833. The maximum absolute atomic E-state index is 11.4. The third kappa shape index (κ3) is 2.65. The molecule has 1 heterocycles. The van der Waals surface area contributed by atoms with Crippen molar-refractivity contribution >= 4 is 34.8 Å². The van der Waals surface area contributed by atoms with Crippen molar-refractivity contribution in [1.29, 1.82) is 0 Å². The van der Waals surface area contributed by atoms with E-state index in [1.54, 1.807) is 12.1 Å². The summed E-state index contributed by atoms with van der Waals surface area (Å²) in [5.74, 6) is 0. The molecule has 1 aromatic carbocycles. The highest BCUT2D eigenvalue weighted by molar-refractivity contribution is 6.48. The van der Waals surface area contributed by atoms with Gasteiger partial charge < -0.3 is 4.98 Å². The maximum atomic E-state index is 11.4. The SMILES string of the molecule is Cc1cc(-c2cc(Cl)c(Cl)c(Cl)c2)cc(=O)[nH]1. The Hall–Kier alpha value is -0.960. The molecule has 0 amide bonds. The second kappa shape index (κ2) is 4.73. The van der Waals surface area contributed by atoms with Crippen LogP contribution in [0.5, 0.6) is 0 Å². The zero-order valence-electron chi connectivity index (χ0n) is 8.85. The Kier molecular flexibility index (Phi) is 3.48. The van der Waals surface area contributed by atoms with E-state index in [4.69, 9.17) is 34.8 Å². The van der Waals surface area contributed by atoms with Gasteiger partial charge in [-0.2, -0.15) is 0 Å². The van der Waals surface area contributed by atoms with Crippen molar-refractivity contribution in [2.75, 3.05) is 0 Å². The van der Waals surface area contributed by atoms with E-state index in [0.717, 1.165) is 16.8 Å². The van der Waals surface area contributed by atoms with E-state index in [2.05, 4.69) is 4.98 Å². The molecule has 2 aromatic rings. The molecule has 1 N–H and O–H groups in total. The number of hydrogen-bond acceptors (Lipinski definition) is 1. The van der Waals surface area contributed by atoms with Crippen molar-refractivity contribution in [2.24, 2.45) is 0 Å². The van der Waals surface area contributed by atoms with Crippen LogP contribution in [0.3, 0.4) is 0 Å². The Morgan fingerprint density at radius 1 is 0.941 bits per heavy atom. The molecule has 0 bridgehead atoms. The minimum absolute atomic E-state index is 0.165. The van der Waals surface area contributed by atoms with Crippen LogP contribution >= 0.6 is 34.8 Å². The van der Waals surface area contributed by atoms with Crippen LogP contribution in [0, 0.1) is 6.92 Å². The molecule has 0 atom stereocenters. The molecule has 0 unspecified atom stereocenters. The van der Waals surface area contributed by atoms with Gasteiger partial charge in [-0.25, -0.2) is 0 Å². The third-order valence-electron chi connectivity index (χ3n) is 2.30. The van der Waals surface area contributed by atoms with Crippen LogP contribution in [-0.2, 0) is 0 Å². The summed E-state index contributed by atoms with van der Waals surface area (Å²) in [4.78, 5) is 14.0. The fourth-order valence-corrected chi connectivity index (χ4v) is 2.17. The first-order valence-corrected chi connectivity index (χ1v) is 5.96. The second-order valence-corrected chi connectivity index (χ2v) is 4.86. The van der Waals surface area contributed by atoms with Gasteiger partial charge in [-0.1, -0.05) is 34.8 Å². The molecular weight excluding hydrogens is 280 g/mol. The first kappa shape index (κ1) is 12.5. The topological polar surface area (TPSA) is 32.9 Å². The number of hydrogen-bond donors (Lipinski definition) is 1. The van der Waals surface area contributed by atoms with Crippen molar-refractivity contribution in [2.45, 2.75) is 6.92 Å². The highest BCUT2D eigenvalue weighted by atomic mass is 35.5. The molecule has 0 fully saturated rings. The number of aryl methyl sites for hydroxylation is 1. The summed E-state index contributed by atoms with van der Waals surface area (Å²) >= 11 is 17.8. The first-order valence-electron chi connectivity index (χ1n) is 4.83. The minimum atomic E-state index is -0.165. The van der Waals surface area contributed by atoms with Crippen molar-refractivity contribution in [3.63, 3.8) is 0 Å². The minimum Gasteiger partial charge on any atom is -0.326 e. The summed E-state index contributed by atoms with van der Waals surface area (Å²) in [5.41, 5.74) is 2.13. The van der Waals surface area contributed by atoms with Crippen LogP contribution in [0.15, 0.2) is 29.1 Å². The third-order valence-corrected chi connectivity index (χ3v) is 3.49. The van der Waals surface area contributed by atoms with Gasteiger partial charge in [-0.05, 0) is 36.2 Å². The summed E-state index contributed by atoms with van der Waals surface area (Å²) in [5, 5.41) is 1.05. The Morgan fingerprint density at radius 2 is 1.47 bits per heavy atom. The molecule has 0 spiro atoms. The van der Waals surface area contributed by atoms with Crippen LogP contribution in [0.1, 0.15) is 5.69 Å². The van der Waals surface area contributed by atoms with Crippen molar-refractivity contribution < 1.29 is 0 Å². The van der Waals surface area contributed by atoms with Gasteiger partial charge in [0.15, 0.2) is 0 Å². The van der Waals surface area contributed by atoms with Crippen LogP contribution in [0.4, 0.5) is 0 Å². The number of halogens is 3. The predicted octanol–water partition coefficient (Wildman–Crippen LogP) is 4.31. The lowest BCUT2D eigenvalue weighted by atomic mass is 10.1. The van der Waals surface area contributed by atoms with Gasteiger partial charge in [0.05, 0.1) is 15.1 Å². The molecule has 0 aliphatic rings. The molecule has 5 heteroatoms. The van der Waals surface area contributed by atoms with Gasteiger partial charge in [-0.3, -0.25) is 4.79 Å². The zero-order chi connectivity index (χ0) is 12.6. The normalized spacial score (nSPS) is 10.6. The summed E-state index contributed by atoms with van der Waals surface area (Å²) in [6.07, 6.45) is 0. The number of rotatable bonds is 1. The van der Waals surface area contributed by atoms with Crippen LogP contribution < -0.4 is 5.56 Å². The van der Waals surface area contributed by atoms with Gasteiger partial charge in [0.2, 0.25) is 5.56 Å². The molecule has 0 aliphatic carbocycles. The van der Waals surface area contributed by atoms with E-state index < -0.39 is 0 Å². The summed E-state index contributed by atoms with van der Waals surface area (Å²) in [7, 11) is 0. The molecular formula is C12H8Cl3NO. The molecule has 1 aromatic heterocycles. The van der Waals surface area contributed by atoms with Gasteiger partial charge in [0.25, 0.3) is 0 Å². The molecule has 2 nitrogen and oxygen atoms in total. The Balaban J connectivity index is 2.64. The summed E-state index contributed by atoms with van der Waals surface area (Å²) in [6, 6.07) is 6.70. The van der Waals surface area contributed by atoms with Gasteiger partial charge in [0.1, 0.15) is 0 Å². The second-order valence-electron chi connectivity index (χ2n) is 3.67. The Morgan fingerprint density at radius 3 is 2.00 bits per heavy atom. The van der Waals surface area contributed by atoms with Crippen LogP contribution in [0.2, 0.25) is 15.1 Å². The quantitative estimate of drug-likeness (QED) is 0.779. The van der Waals surface area contributed by atoms with Crippen LogP contribution in [-0.4, -0.2) is 4.98 Å². The molecule has 17 heavy (non-hydrogen) atoms. The molecule has 2 rings (SSSR count). The van der Waals surface area contributed by atoms with Crippen molar-refractivity contribution in [3.8, 4) is 11.1 Å². The van der Waals surface area contributed by atoms with Gasteiger partial charge >= 0.3 is 0 Å². The van der Waals surface area contributed by atoms with Crippen molar-refractivity contribution in [3.05, 3.63) is 55.4 Å². The number of aromatic amines is 1. The number of H-pyrrole nitrogens is 1. The molecule has 0 radical (unpaired) electrons. The molecule has 0 saturated carbocycles. The summed E-state index contributed by atoms with van der Waals surface area (Å²) in [6.45, 7) is 1.81. The smallest absolute Gasteiger partial charge is 0.248 e.